The number of rotatable bonds is 4. The second-order valence-electron chi connectivity index (χ2n) is 6.58. The van der Waals surface area contributed by atoms with Crippen molar-refractivity contribution >= 4 is 0 Å². The molecule has 0 saturated carbocycles. The van der Waals surface area contributed by atoms with Crippen LogP contribution in [0.15, 0.2) is 0 Å². The summed E-state index contributed by atoms with van der Waals surface area (Å²) in [5, 5.41) is 49.2. The summed E-state index contributed by atoms with van der Waals surface area (Å²) < 4.78 is 16.8. The highest BCUT2D eigenvalue weighted by Gasteiger charge is 2.47. The summed E-state index contributed by atoms with van der Waals surface area (Å²) in [6.07, 6.45) is -6.89. The van der Waals surface area contributed by atoms with Gasteiger partial charge in [-0.25, -0.2) is 0 Å². The second kappa shape index (κ2) is 7.71. The van der Waals surface area contributed by atoms with E-state index in [0.29, 0.717) is 0 Å². The van der Waals surface area contributed by atoms with E-state index in [0.717, 1.165) is 0 Å². The zero-order valence-corrected chi connectivity index (χ0v) is 13.6. The molecule has 2 heterocycles. The fourth-order valence-electron chi connectivity index (χ4n) is 3.30. The molecule has 0 unspecified atom stereocenters. The molecule has 0 amide bonds. The van der Waals surface area contributed by atoms with E-state index >= 15 is 0 Å². The molecule has 0 spiro atoms. The van der Waals surface area contributed by atoms with Gasteiger partial charge in [0.25, 0.3) is 0 Å². The highest BCUT2D eigenvalue weighted by molar-refractivity contribution is 4.92. The fraction of sp³-hybridized carbons (Fsp3) is 1.00. The monoisotopic (exact) mass is 336 g/mol. The van der Waals surface area contributed by atoms with Crippen LogP contribution in [0.4, 0.5) is 0 Å². The number of hydrogen-bond donors (Lipinski definition) is 5. The lowest BCUT2D eigenvalue weighted by atomic mass is 9.87. The van der Waals surface area contributed by atoms with Gasteiger partial charge in [0.15, 0.2) is 6.29 Å². The van der Waals surface area contributed by atoms with Crippen molar-refractivity contribution in [3.8, 4) is 0 Å². The molecule has 2 aliphatic rings. The SMILES string of the molecule is C[C@@H]1[C@@H](O)[C@H](C)O[C@H](CO)[C@H]1O[C@@H]1O[C@H](CO)[C@H](C)[C@H](O)[C@H]1O. The Morgan fingerprint density at radius 2 is 1.39 bits per heavy atom. The predicted octanol–water partition coefficient (Wildman–Crippen LogP) is -1.78. The van der Waals surface area contributed by atoms with Crippen LogP contribution in [0.1, 0.15) is 20.8 Å². The van der Waals surface area contributed by atoms with Crippen LogP contribution in [0, 0.1) is 11.8 Å². The highest BCUT2D eigenvalue weighted by atomic mass is 16.7. The van der Waals surface area contributed by atoms with Crippen LogP contribution in [0.3, 0.4) is 0 Å². The molecule has 0 aromatic carbocycles. The van der Waals surface area contributed by atoms with Crippen LogP contribution in [-0.4, -0.2) is 87.8 Å². The first-order valence-electron chi connectivity index (χ1n) is 8.04. The van der Waals surface area contributed by atoms with Gasteiger partial charge in [-0.2, -0.15) is 0 Å². The van der Waals surface area contributed by atoms with Gasteiger partial charge in [-0.15, -0.1) is 0 Å². The minimum absolute atomic E-state index is 0.308. The normalized spacial score (nSPS) is 51.7. The molecule has 23 heavy (non-hydrogen) atoms. The maximum Gasteiger partial charge on any atom is 0.186 e. The van der Waals surface area contributed by atoms with E-state index in [4.69, 9.17) is 14.2 Å². The zero-order chi connectivity index (χ0) is 17.3. The van der Waals surface area contributed by atoms with E-state index in [2.05, 4.69) is 0 Å². The largest absolute Gasteiger partial charge is 0.394 e. The zero-order valence-electron chi connectivity index (χ0n) is 13.6. The van der Waals surface area contributed by atoms with Crippen LogP contribution >= 0.6 is 0 Å². The van der Waals surface area contributed by atoms with E-state index in [1.54, 1.807) is 20.8 Å². The first-order chi connectivity index (χ1) is 10.8. The summed E-state index contributed by atoms with van der Waals surface area (Å²) in [7, 11) is 0. The molecule has 0 aromatic heterocycles. The Hall–Kier alpha value is -0.320. The maximum absolute atomic E-state index is 10.2. The molecule has 2 fully saturated rings. The summed E-state index contributed by atoms with van der Waals surface area (Å²) in [6.45, 7) is 4.51. The molecule has 5 N–H and O–H groups in total. The molecule has 8 nitrogen and oxygen atoms in total. The first-order valence-corrected chi connectivity index (χ1v) is 8.04. The molecule has 2 saturated heterocycles. The molecule has 2 rings (SSSR count). The van der Waals surface area contributed by atoms with Gasteiger partial charge in [0.1, 0.15) is 12.2 Å². The van der Waals surface area contributed by atoms with Gasteiger partial charge >= 0.3 is 0 Å². The van der Waals surface area contributed by atoms with E-state index in [9.17, 15) is 25.5 Å². The van der Waals surface area contributed by atoms with Gasteiger partial charge in [-0.1, -0.05) is 13.8 Å². The Labute approximate surface area is 135 Å². The number of hydrogen-bond acceptors (Lipinski definition) is 8. The summed E-state index contributed by atoms with van der Waals surface area (Å²) in [4.78, 5) is 0. The van der Waals surface area contributed by atoms with Crippen molar-refractivity contribution in [1.82, 2.24) is 0 Å². The van der Waals surface area contributed by atoms with Crippen molar-refractivity contribution in [2.24, 2.45) is 11.8 Å². The Morgan fingerprint density at radius 3 is 1.96 bits per heavy atom. The third kappa shape index (κ3) is 3.69. The van der Waals surface area contributed by atoms with Crippen LogP contribution in [0.2, 0.25) is 0 Å². The topological polar surface area (TPSA) is 129 Å². The van der Waals surface area contributed by atoms with Crippen LogP contribution in [-0.2, 0) is 14.2 Å². The van der Waals surface area contributed by atoms with E-state index in [-0.39, 0.29) is 19.1 Å². The first kappa shape index (κ1) is 19.0. The molecule has 10 atom stereocenters. The molecular weight excluding hydrogens is 308 g/mol. The van der Waals surface area contributed by atoms with Crippen LogP contribution < -0.4 is 0 Å². The number of aliphatic hydroxyl groups excluding tert-OH is 5. The minimum Gasteiger partial charge on any atom is -0.394 e. The molecular formula is C15H28O8. The lowest BCUT2D eigenvalue weighted by Crippen LogP contribution is -2.60. The minimum atomic E-state index is -1.30. The lowest BCUT2D eigenvalue weighted by Gasteiger charge is -2.46. The molecule has 0 aromatic rings. The van der Waals surface area contributed by atoms with E-state index < -0.39 is 54.9 Å². The van der Waals surface area contributed by atoms with Crippen molar-refractivity contribution in [1.29, 1.82) is 0 Å². The van der Waals surface area contributed by atoms with Crippen LogP contribution in [0.5, 0.6) is 0 Å². The Kier molecular flexibility index (Phi) is 6.37. The Morgan fingerprint density at radius 1 is 0.783 bits per heavy atom. The van der Waals surface area contributed by atoms with E-state index in [1.807, 2.05) is 0 Å². The van der Waals surface area contributed by atoms with Crippen molar-refractivity contribution in [3.05, 3.63) is 0 Å². The Bertz CT molecular complexity index is 376. The van der Waals surface area contributed by atoms with Crippen molar-refractivity contribution in [3.63, 3.8) is 0 Å². The second-order valence-corrected chi connectivity index (χ2v) is 6.58. The third-order valence-electron chi connectivity index (χ3n) is 5.01. The van der Waals surface area contributed by atoms with Crippen molar-refractivity contribution in [2.75, 3.05) is 13.2 Å². The van der Waals surface area contributed by atoms with Gasteiger partial charge < -0.3 is 39.7 Å². The maximum atomic E-state index is 10.2. The summed E-state index contributed by atoms with van der Waals surface area (Å²) >= 11 is 0. The summed E-state index contributed by atoms with van der Waals surface area (Å²) in [5.41, 5.74) is 0. The smallest absolute Gasteiger partial charge is 0.186 e. The highest BCUT2D eigenvalue weighted by Crippen LogP contribution is 2.33. The molecule has 0 radical (unpaired) electrons. The molecule has 0 bridgehead atoms. The fourth-order valence-corrected chi connectivity index (χ4v) is 3.30. The van der Waals surface area contributed by atoms with Gasteiger partial charge in [0.05, 0.1) is 43.7 Å². The number of aliphatic hydroxyl groups is 5. The standard InChI is InChI=1S/C15H28O8/c1-6-9(4-16)22-15(13(20)12(6)19)23-14-7(2)11(18)8(3)21-10(14)5-17/h6-20H,4-5H2,1-3H3/t6-,7+,8-,9+,10+,11+,12-,13+,14-,15-/m0/s1. The van der Waals surface area contributed by atoms with Crippen molar-refractivity contribution in [2.45, 2.75) is 69.8 Å². The average Bonchev–Trinajstić information content (AvgIpc) is 2.55. The molecule has 0 aliphatic carbocycles. The summed E-state index contributed by atoms with van der Waals surface area (Å²) in [5.74, 6) is -0.815. The predicted molar refractivity (Wildman–Crippen MR) is 78.4 cm³/mol. The Balaban J connectivity index is 2.11. The average molecular weight is 336 g/mol. The van der Waals surface area contributed by atoms with Gasteiger partial charge in [0.2, 0.25) is 0 Å². The molecule has 2 aliphatic heterocycles. The van der Waals surface area contributed by atoms with Gasteiger partial charge in [0, 0.05) is 11.8 Å². The van der Waals surface area contributed by atoms with Crippen molar-refractivity contribution < 1.29 is 39.7 Å². The lowest BCUT2D eigenvalue weighted by molar-refractivity contribution is -0.328. The third-order valence-corrected chi connectivity index (χ3v) is 5.01. The molecule has 136 valence electrons. The van der Waals surface area contributed by atoms with Crippen LogP contribution in [0.25, 0.3) is 0 Å². The quantitative estimate of drug-likeness (QED) is 0.408. The van der Waals surface area contributed by atoms with Gasteiger partial charge in [-0.3, -0.25) is 0 Å². The number of ether oxygens (including phenoxy) is 3. The van der Waals surface area contributed by atoms with Gasteiger partial charge in [-0.05, 0) is 6.92 Å². The summed E-state index contributed by atoms with van der Waals surface area (Å²) in [6, 6.07) is 0. The molecule has 8 heteroatoms. The van der Waals surface area contributed by atoms with E-state index in [1.165, 1.54) is 0 Å².